The molecule has 2 N–H and O–H groups in total. The molecule has 3 aromatic rings. The molecule has 0 aliphatic carbocycles. The van der Waals surface area contributed by atoms with Crippen LogP contribution in [-0.4, -0.2) is 32.3 Å². The van der Waals surface area contributed by atoms with Crippen molar-refractivity contribution in [2.24, 2.45) is 0 Å². The van der Waals surface area contributed by atoms with Crippen molar-refractivity contribution >= 4 is 34.4 Å². The van der Waals surface area contributed by atoms with Crippen molar-refractivity contribution in [2.75, 3.05) is 11.6 Å². The van der Waals surface area contributed by atoms with Gasteiger partial charge in [-0.3, -0.25) is 4.79 Å². The second kappa shape index (κ2) is 4.33. The van der Waals surface area contributed by atoms with Gasteiger partial charge in [0.2, 0.25) is 5.91 Å². The lowest BCUT2D eigenvalue weighted by molar-refractivity contribution is -0.119. The Kier molecular flexibility index (Phi) is 2.62. The first-order chi connectivity index (χ1) is 10.5. The quantitative estimate of drug-likeness (QED) is 0.705. The molecule has 1 aliphatic rings. The number of H-pyrrole nitrogens is 1. The summed E-state index contributed by atoms with van der Waals surface area (Å²) in [6.45, 7) is 3.81. The minimum atomic E-state index is -0.550. The van der Waals surface area contributed by atoms with E-state index in [1.54, 1.807) is 0 Å². The van der Waals surface area contributed by atoms with Crippen molar-refractivity contribution in [3.05, 3.63) is 17.7 Å². The smallest absolute Gasteiger partial charge is 0.284 e. The zero-order chi connectivity index (χ0) is 15.5. The van der Waals surface area contributed by atoms with Crippen LogP contribution in [0.1, 0.15) is 19.4 Å². The summed E-state index contributed by atoms with van der Waals surface area (Å²) in [6, 6.07) is 3.81. The minimum absolute atomic E-state index is 0.00288. The summed E-state index contributed by atoms with van der Waals surface area (Å²) in [5.41, 5.74) is 2.79. The van der Waals surface area contributed by atoms with E-state index in [9.17, 15) is 4.79 Å². The number of hydrogen-bond acceptors (Lipinski definition) is 6. The molecule has 1 aromatic carbocycles. The van der Waals surface area contributed by atoms with E-state index in [-0.39, 0.29) is 5.91 Å². The summed E-state index contributed by atoms with van der Waals surface area (Å²) >= 11 is 1.38. The highest BCUT2D eigenvalue weighted by Gasteiger charge is 2.38. The molecule has 0 saturated carbocycles. The standard InChI is InChI=1S/C14H13N5O2S/c1-14(2)6-4-8-9(5-7(6)17-12(14)20)16-10(15-8)11-18-19-13(21-11)22-3/h4-5H,1-3H3,(H,15,16)(H,17,20). The van der Waals surface area contributed by atoms with Crippen LogP contribution in [0.3, 0.4) is 0 Å². The first kappa shape index (κ1) is 13.3. The summed E-state index contributed by atoms with van der Waals surface area (Å²) in [7, 11) is 0. The number of carbonyl (C=O) groups is 1. The predicted octanol–water partition coefficient (Wildman–Crippen LogP) is 2.56. The molecule has 0 spiro atoms. The highest BCUT2D eigenvalue weighted by atomic mass is 32.2. The minimum Gasteiger partial charge on any atom is -0.408 e. The van der Waals surface area contributed by atoms with Gasteiger partial charge < -0.3 is 14.7 Å². The van der Waals surface area contributed by atoms with Crippen LogP contribution in [0.25, 0.3) is 22.7 Å². The molecule has 0 bridgehead atoms. The molecule has 0 saturated heterocycles. The average molecular weight is 315 g/mol. The van der Waals surface area contributed by atoms with Crippen molar-refractivity contribution < 1.29 is 9.21 Å². The number of aromatic nitrogens is 4. The van der Waals surface area contributed by atoms with Gasteiger partial charge in [-0.1, -0.05) is 11.8 Å². The van der Waals surface area contributed by atoms with Gasteiger partial charge in [-0.2, -0.15) is 0 Å². The maximum atomic E-state index is 12.0. The number of imidazole rings is 1. The molecular weight excluding hydrogens is 302 g/mol. The zero-order valence-corrected chi connectivity index (χ0v) is 13.0. The van der Waals surface area contributed by atoms with E-state index in [0.29, 0.717) is 16.9 Å². The van der Waals surface area contributed by atoms with Crippen LogP contribution in [-0.2, 0) is 10.2 Å². The van der Waals surface area contributed by atoms with E-state index in [4.69, 9.17) is 4.42 Å². The lowest BCUT2D eigenvalue weighted by Gasteiger charge is -2.14. The number of anilines is 1. The fraction of sp³-hybridized carbons (Fsp3) is 0.286. The van der Waals surface area contributed by atoms with Gasteiger partial charge in [0.15, 0.2) is 5.82 Å². The molecule has 112 valence electrons. The molecule has 1 amide bonds. The normalized spacial score (nSPS) is 16.0. The number of nitrogens with zero attached hydrogens (tertiary/aromatic N) is 3. The predicted molar refractivity (Wildman–Crippen MR) is 82.8 cm³/mol. The van der Waals surface area contributed by atoms with E-state index in [0.717, 1.165) is 22.3 Å². The van der Waals surface area contributed by atoms with Crippen LogP contribution in [0.15, 0.2) is 21.8 Å². The van der Waals surface area contributed by atoms with E-state index in [2.05, 4.69) is 25.5 Å². The van der Waals surface area contributed by atoms with E-state index in [1.165, 1.54) is 11.8 Å². The SMILES string of the molecule is CSc1nnc(-c2nc3cc4c(cc3[nH]2)C(C)(C)C(=O)N4)o1. The lowest BCUT2D eigenvalue weighted by atomic mass is 9.86. The molecule has 3 heterocycles. The number of amides is 1. The Balaban J connectivity index is 1.85. The van der Waals surface area contributed by atoms with Crippen LogP contribution in [0.4, 0.5) is 5.69 Å². The van der Waals surface area contributed by atoms with Crippen molar-refractivity contribution in [3.63, 3.8) is 0 Å². The summed E-state index contributed by atoms with van der Waals surface area (Å²) in [5, 5.41) is 11.3. The Bertz CT molecular complexity index is 911. The Hall–Kier alpha value is -2.35. The molecule has 0 fully saturated rings. The molecule has 4 rings (SSSR count). The highest BCUT2D eigenvalue weighted by molar-refractivity contribution is 7.98. The first-order valence-electron chi connectivity index (χ1n) is 6.72. The number of aromatic amines is 1. The van der Waals surface area contributed by atoms with Gasteiger partial charge in [-0.15, -0.1) is 10.2 Å². The van der Waals surface area contributed by atoms with Crippen LogP contribution < -0.4 is 5.32 Å². The third-order valence-electron chi connectivity index (χ3n) is 3.89. The number of carbonyl (C=O) groups excluding carboxylic acids is 1. The van der Waals surface area contributed by atoms with Gasteiger partial charge in [0.25, 0.3) is 11.1 Å². The fourth-order valence-corrected chi connectivity index (χ4v) is 2.85. The van der Waals surface area contributed by atoms with Crippen molar-refractivity contribution in [1.29, 1.82) is 0 Å². The Labute approximate surface area is 129 Å². The molecule has 7 nitrogen and oxygen atoms in total. The third-order valence-corrected chi connectivity index (χ3v) is 4.41. The maximum Gasteiger partial charge on any atom is 0.284 e. The first-order valence-corrected chi connectivity index (χ1v) is 7.95. The summed E-state index contributed by atoms with van der Waals surface area (Å²) in [4.78, 5) is 19.6. The van der Waals surface area contributed by atoms with Gasteiger partial charge >= 0.3 is 0 Å². The molecule has 2 aromatic heterocycles. The second-order valence-electron chi connectivity index (χ2n) is 5.66. The van der Waals surface area contributed by atoms with E-state index in [1.807, 2.05) is 32.2 Å². The Morgan fingerprint density at radius 1 is 1.27 bits per heavy atom. The van der Waals surface area contributed by atoms with Gasteiger partial charge in [-0.05, 0) is 37.8 Å². The van der Waals surface area contributed by atoms with Gasteiger partial charge in [0, 0.05) is 5.69 Å². The van der Waals surface area contributed by atoms with Crippen molar-refractivity contribution in [1.82, 2.24) is 20.2 Å². The molecular formula is C14H13N5O2S. The number of thioether (sulfide) groups is 1. The van der Waals surface area contributed by atoms with Gasteiger partial charge in [0.05, 0.1) is 16.4 Å². The number of nitrogens with one attached hydrogen (secondary N) is 2. The molecule has 1 aliphatic heterocycles. The second-order valence-corrected chi connectivity index (χ2v) is 6.41. The van der Waals surface area contributed by atoms with Crippen LogP contribution in [0.5, 0.6) is 0 Å². The lowest BCUT2D eigenvalue weighted by Crippen LogP contribution is -2.26. The average Bonchev–Trinajstić information content (AvgIpc) is 3.15. The fourth-order valence-electron chi connectivity index (χ4n) is 2.57. The third kappa shape index (κ3) is 1.77. The number of benzene rings is 1. The molecule has 0 radical (unpaired) electrons. The van der Waals surface area contributed by atoms with E-state index >= 15 is 0 Å². The van der Waals surface area contributed by atoms with Crippen LogP contribution >= 0.6 is 11.8 Å². The summed E-state index contributed by atoms with van der Waals surface area (Å²) < 4.78 is 5.48. The summed E-state index contributed by atoms with van der Waals surface area (Å²) in [5.74, 6) is 0.872. The highest BCUT2D eigenvalue weighted by Crippen LogP contribution is 2.39. The molecule has 22 heavy (non-hydrogen) atoms. The number of fused-ring (bicyclic) bond motifs is 2. The summed E-state index contributed by atoms with van der Waals surface area (Å²) in [6.07, 6.45) is 1.87. The maximum absolute atomic E-state index is 12.0. The Morgan fingerprint density at radius 2 is 2.09 bits per heavy atom. The van der Waals surface area contributed by atoms with Crippen molar-refractivity contribution in [2.45, 2.75) is 24.5 Å². The van der Waals surface area contributed by atoms with Crippen LogP contribution in [0.2, 0.25) is 0 Å². The van der Waals surface area contributed by atoms with E-state index < -0.39 is 5.41 Å². The zero-order valence-electron chi connectivity index (χ0n) is 12.2. The van der Waals surface area contributed by atoms with Gasteiger partial charge in [0.1, 0.15) is 0 Å². The number of rotatable bonds is 2. The molecule has 8 heteroatoms. The number of hydrogen-bond donors (Lipinski definition) is 2. The molecule has 0 atom stereocenters. The van der Waals surface area contributed by atoms with Crippen molar-refractivity contribution in [3.8, 4) is 11.7 Å². The topological polar surface area (TPSA) is 96.7 Å². The molecule has 0 unspecified atom stereocenters. The largest absolute Gasteiger partial charge is 0.408 e. The van der Waals surface area contributed by atoms with Crippen LogP contribution in [0, 0.1) is 0 Å². The monoisotopic (exact) mass is 315 g/mol. The van der Waals surface area contributed by atoms with Gasteiger partial charge in [-0.25, -0.2) is 4.98 Å². The Morgan fingerprint density at radius 3 is 2.82 bits per heavy atom.